The number of aliphatic carboxylic acids is 1. The topological polar surface area (TPSA) is 43.8 Å². The molecule has 1 atom stereocenters. The first-order valence-corrected chi connectivity index (χ1v) is 6.03. The van der Waals surface area contributed by atoms with E-state index in [0.29, 0.717) is 0 Å². The zero-order valence-corrected chi connectivity index (χ0v) is 10.2. The molecule has 0 aliphatic carbocycles. The van der Waals surface area contributed by atoms with Gasteiger partial charge in [0.05, 0.1) is 6.42 Å². The molecule has 0 aromatic rings. The van der Waals surface area contributed by atoms with Gasteiger partial charge in [-0.3, -0.25) is 4.79 Å². The average Bonchev–Trinajstić information content (AvgIpc) is 2.56. The van der Waals surface area contributed by atoms with Crippen LogP contribution in [0.5, 0.6) is 0 Å². The predicted molar refractivity (Wildman–Crippen MR) is 63.8 cm³/mol. The van der Waals surface area contributed by atoms with Crippen LogP contribution < -0.4 is 0 Å². The Labute approximate surface area is 97.5 Å². The number of carbonyl (C=O) groups is 1. The predicted octanol–water partition coefficient (Wildman–Crippen LogP) is 2.09. The van der Waals surface area contributed by atoms with Crippen LogP contribution in [0.4, 0.5) is 0 Å². The molecule has 0 aromatic heterocycles. The van der Waals surface area contributed by atoms with Gasteiger partial charge < -0.3 is 14.9 Å². The van der Waals surface area contributed by atoms with E-state index in [4.69, 9.17) is 5.11 Å². The minimum absolute atomic E-state index is 0.000809. The van der Waals surface area contributed by atoms with Gasteiger partial charge in [0.1, 0.15) is 6.17 Å². The molecule has 0 fully saturated rings. The van der Waals surface area contributed by atoms with Crippen LogP contribution in [0.15, 0.2) is 12.4 Å². The summed E-state index contributed by atoms with van der Waals surface area (Å²) in [5, 5.41) is 8.84. The molecule has 1 N–H and O–H groups in total. The Kier molecular flexibility index (Phi) is 5.15. The number of nitrogens with zero attached hydrogens (tertiary/aromatic N) is 2. The third-order valence-corrected chi connectivity index (χ3v) is 2.97. The van der Waals surface area contributed by atoms with Gasteiger partial charge in [0, 0.05) is 26.0 Å². The highest BCUT2D eigenvalue weighted by Gasteiger charge is 2.25. The summed E-state index contributed by atoms with van der Waals surface area (Å²) in [6, 6.07) is 0. The molecule has 0 saturated carbocycles. The molecule has 0 radical (unpaired) electrons. The molecule has 1 heterocycles. The van der Waals surface area contributed by atoms with E-state index < -0.39 is 5.97 Å². The van der Waals surface area contributed by atoms with E-state index in [2.05, 4.69) is 11.8 Å². The summed E-state index contributed by atoms with van der Waals surface area (Å²) in [6.07, 6.45) is 8.99. The highest BCUT2D eigenvalue weighted by Crippen LogP contribution is 2.18. The highest BCUT2D eigenvalue weighted by molar-refractivity contribution is 5.67. The molecule has 1 unspecified atom stereocenters. The van der Waals surface area contributed by atoms with E-state index >= 15 is 0 Å². The average molecular weight is 226 g/mol. The Morgan fingerprint density at radius 3 is 2.69 bits per heavy atom. The van der Waals surface area contributed by atoms with Gasteiger partial charge in [0.15, 0.2) is 0 Å². The number of rotatable bonds is 7. The Morgan fingerprint density at radius 1 is 1.31 bits per heavy atom. The Balaban J connectivity index is 2.33. The smallest absolute Gasteiger partial charge is 0.307 e. The fraction of sp³-hybridized carbons (Fsp3) is 0.750. The van der Waals surface area contributed by atoms with Crippen LogP contribution in [-0.4, -0.2) is 40.6 Å². The fourth-order valence-electron chi connectivity index (χ4n) is 1.99. The van der Waals surface area contributed by atoms with Crippen LogP contribution in [0.1, 0.15) is 39.0 Å². The first kappa shape index (κ1) is 12.9. The molecule has 4 heteroatoms. The van der Waals surface area contributed by atoms with Crippen LogP contribution >= 0.6 is 0 Å². The molecule has 0 aromatic carbocycles. The summed E-state index contributed by atoms with van der Waals surface area (Å²) in [4.78, 5) is 14.8. The van der Waals surface area contributed by atoms with Crippen molar-refractivity contribution in [2.45, 2.75) is 45.2 Å². The Hall–Kier alpha value is -1.19. The number of carboxylic acids is 1. The second-order valence-corrected chi connectivity index (χ2v) is 4.34. The van der Waals surface area contributed by atoms with E-state index in [1.165, 1.54) is 19.3 Å². The summed E-state index contributed by atoms with van der Waals surface area (Å²) in [5.41, 5.74) is 0. The van der Waals surface area contributed by atoms with Crippen LogP contribution in [0.3, 0.4) is 0 Å². The van der Waals surface area contributed by atoms with Crippen molar-refractivity contribution in [1.82, 2.24) is 9.80 Å². The molecule has 1 rings (SSSR count). The van der Waals surface area contributed by atoms with Crippen molar-refractivity contribution in [3.05, 3.63) is 12.4 Å². The lowest BCUT2D eigenvalue weighted by atomic mass is 10.2. The second-order valence-electron chi connectivity index (χ2n) is 4.34. The molecule has 4 nitrogen and oxygen atoms in total. The summed E-state index contributed by atoms with van der Waals surface area (Å²) < 4.78 is 0. The van der Waals surface area contributed by atoms with Crippen LogP contribution in [0.25, 0.3) is 0 Å². The fourth-order valence-corrected chi connectivity index (χ4v) is 1.99. The summed E-state index contributed by atoms with van der Waals surface area (Å²) in [5.74, 6) is -0.737. The summed E-state index contributed by atoms with van der Waals surface area (Å²) >= 11 is 0. The lowest BCUT2D eigenvalue weighted by Gasteiger charge is -2.29. The zero-order chi connectivity index (χ0) is 12.0. The first-order valence-electron chi connectivity index (χ1n) is 6.03. The van der Waals surface area contributed by atoms with Gasteiger partial charge in [0.2, 0.25) is 0 Å². The lowest BCUT2D eigenvalue weighted by Crippen LogP contribution is -2.38. The van der Waals surface area contributed by atoms with Gasteiger partial charge in [-0.05, 0) is 6.42 Å². The minimum Gasteiger partial charge on any atom is -0.481 e. The molecule has 0 amide bonds. The molecule has 0 spiro atoms. The summed E-state index contributed by atoms with van der Waals surface area (Å²) in [6.45, 7) is 3.15. The van der Waals surface area contributed by atoms with Crippen LogP contribution in [0, 0.1) is 0 Å². The number of unbranched alkanes of at least 4 members (excludes halogenated alkanes) is 3. The molecular formula is C12H22N2O2. The van der Waals surface area contributed by atoms with Crippen molar-refractivity contribution in [2.24, 2.45) is 0 Å². The van der Waals surface area contributed by atoms with Crippen molar-refractivity contribution < 1.29 is 9.90 Å². The Bertz CT molecular complexity index is 253. The standard InChI is InChI=1S/C12H22N2O2/c1-3-4-5-6-7-14-9-8-13(2)11(14)10-12(15)16/h8-9,11H,3-7,10H2,1-2H3,(H,15,16). The quantitative estimate of drug-likeness (QED) is 0.675. The van der Waals surface area contributed by atoms with Gasteiger partial charge in [-0.1, -0.05) is 26.2 Å². The SMILES string of the molecule is CCCCCCN1C=CN(C)C1CC(=O)O. The van der Waals surface area contributed by atoms with E-state index in [1.807, 2.05) is 24.3 Å². The molecule has 16 heavy (non-hydrogen) atoms. The Morgan fingerprint density at radius 2 is 2.06 bits per heavy atom. The molecular weight excluding hydrogens is 204 g/mol. The molecule has 1 aliphatic heterocycles. The minimum atomic E-state index is -0.737. The van der Waals surface area contributed by atoms with E-state index in [1.54, 1.807) is 0 Å². The maximum Gasteiger partial charge on any atom is 0.307 e. The van der Waals surface area contributed by atoms with E-state index in [0.717, 1.165) is 13.0 Å². The second kappa shape index (κ2) is 6.40. The third-order valence-electron chi connectivity index (χ3n) is 2.97. The van der Waals surface area contributed by atoms with Crippen LogP contribution in [-0.2, 0) is 4.79 Å². The normalized spacial score (nSPS) is 19.5. The van der Waals surface area contributed by atoms with Crippen LogP contribution in [0.2, 0.25) is 0 Å². The van der Waals surface area contributed by atoms with Gasteiger partial charge in [-0.15, -0.1) is 0 Å². The maximum atomic E-state index is 10.7. The largest absolute Gasteiger partial charge is 0.481 e. The molecule has 0 bridgehead atoms. The highest BCUT2D eigenvalue weighted by atomic mass is 16.4. The number of carboxylic acid groups (broad SMARTS) is 1. The third kappa shape index (κ3) is 3.76. The molecule has 0 saturated heterocycles. The van der Waals surface area contributed by atoms with Crippen molar-refractivity contribution in [2.75, 3.05) is 13.6 Å². The maximum absolute atomic E-state index is 10.7. The first-order chi connectivity index (χ1) is 7.65. The van der Waals surface area contributed by atoms with Crippen molar-refractivity contribution in [3.63, 3.8) is 0 Å². The van der Waals surface area contributed by atoms with Crippen molar-refractivity contribution in [3.8, 4) is 0 Å². The van der Waals surface area contributed by atoms with Gasteiger partial charge in [-0.2, -0.15) is 0 Å². The van der Waals surface area contributed by atoms with Gasteiger partial charge >= 0.3 is 5.97 Å². The van der Waals surface area contributed by atoms with Crippen molar-refractivity contribution in [1.29, 1.82) is 0 Å². The van der Waals surface area contributed by atoms with Crippen molar-refractivity contribution >= 4 is 5.97 Å². The van der Waals surface area contributed by atoms with Gasteiger partial charge in [-0.25, -0.2) is 0 Å². The molecule has 92 valence electrons. The zero-order valence-electron chi connectivity index (χ0n) is 10.2. The van der Waals surface area contributed by atoms with E-state index in [9.17, 15) is 4.79 Å². The number of hydrogen-bond acceptors (Lipinski definition) is 3. The van der Waals surface area contributed by atoms with E-state index in [-0.39, 0.29) is 12.6 Å². The molecule has 1 aliphatic rings. The lowest BCUT2D eigenvalue weighted by molar-refractivity contribution is -0.139. The number of hydrogen-bond donors (Lipinski definition) is 1. The summed E-state index contributed by atoms with van der Waals surface area (Å²) in [7, 11) is 1.93. The monoisotopic (exact) mass is 226 g/mol. The van der Waals surface area contributed by atoms with Gasteiger partial charge in [0.25, 0.3) is 0 Å².